The number of thioether (sulfide) groups is 1. The Morgan fingerprint density at radius 1 is 1.28 bits per heavy atom. The fourth-order valence-corrected chi connectivity index (χ4v) is 3.39. The molecule has 0 aromatic heterocycles. The number of carbonyl (C=O) groups excluding carboxylic acids is 1. The third kappa shape index (κ3) is 7.98. The van der Waals surface area contributed by atoms with Gasteiger partial charge in [-0.2, -0.15) is 11.8 Å². The van der Waals surface area contributed by atoms with Crippen molar-refractivity contribution >= 4 is 17.7 Å². The van der Waals surface area contributed by atoms with Crippen LogP contribution in [0.15, 0.2) is 0 Å². The summed E-state index contributed by atoms with van der Waals surface area (Å²) in [7, 11) is 0. The third-order valence-corrected chi connectivity index (χ3v) is 4.36. The summed E-state index contributed by atoms with van der Waals surface area (Å²) in [5, 5.41) is 3.54. The highest BCUT2D eigenvalue weighted by molar-refractivity contribution is 7.99. The van der Waals surface area contributed by atoms with Gasteiger partial charge in [0.1, 0.15) is 0 Å². The van der Waals surface area contributed by atoms with Crippen molar-refractivity contribution < 1.29 is 9.53 Å². The molecule has 1 aliphatic rings. The molecular formula is C14H27NO2S. The first-order valence-electron chi connectivity index (χ1n) is 7.27. The maximum atomic E-state index is 11.1. The standard InChI is InChI=1S/C14H27NO2S/c1-2-17-14(16)6-4-3-5-9-15-12-13-7-10-18-11-8-13/h13,15H,2-12H2,1H3. The van der Waals surface area contributed by atoms with Gasteiger partial charge in [-0.3, -0.25) is 4.79 Å². The molecule has 0 radical (unpaired) electrons. The summed E-state index contributed by atoms with van der Waals surface area (Å²) >= 11 is 2.08. The van der Waals surface area contributed by atoms with E-state index in [-0.39, 0.29) is 5.97 Å². The predicted molar refractivity (Wildman–Crippen MR) is 78.0 cm³/mol. The molecule has 1 heterocycles. The molecule has 0 aliphatic carbocycles. The number of hydrogen-bond acceptors (Lipinski definition) is 4. The van der Waals surface area contributed by atoms with E-state index in [1.807, 2.05) is 6.92 Å². The first-order valence-corrected chi connectivity index (χ1v) is 8.42. The monoisotopic (exact) mass is 273 g/mol. The zero-order valence-electron chi connectivity index (χ0n) is 11.6. The van der Waals surface area contributed by atoms with Gasteiger partial charge < -0.3 is 10.1 Å². The summed E-state index contributed by atoms with van der Waals surface area (Å²) in [6, 6.07) is 0. The summed E-state index contributed by atoms with van der Waals surface area (Å²) in [5.41, 5.74) is 0. The Morgan fingerprint density at radius 2 is 2.06 bits per heavy atom. The van der Waals surface area contributed by atoms with Crippen LogP contribution in [0.2, 0.25) is 0 Å². The van der Waals surface area contributed by atoms with Gasteiger partial charge in [-0.05, 0) is 63.1 Å². The molecule has 1 N–H and O–H groups in total. The highest BCUT2D eigenvalue weighted by Gasteiger charge is 2.12. The predicted octanol–water partition coefficient (Wildman–Crippen LogP) is 2.84. The molecule has 106 valence electrons. The van der Waals surface area contributed by atoms with E-state index < -0.39 is 0 Å². The zero-order chi connectivity index (χ0) is 13.1. The van der Waals surface area contributed by atoms with Crippen LogP contribution in [0, 0.1) is 5.92 Å². The molecule has 1 fully saturated rings. The Balaban J connectivity index is 1.82. The molecule has 0 amide bonds. The van der Waals surface area contributed by atoms with Crippen LogP contribution in [-0.2, 0) is 9.53 Å². The first-order chi connectivity index (χ1) is 8.83. The molecule has 0 atom stereocenters. The number of rotatable bonds is 9. The van der Waals surface area contributed by atoms with Crippen LogP contribution in [0.5, 0.6) is 0 Å². The molecule has 1 rings (SSSR count). The Bertz CT molecular complexity index is 218. The van der Waals surface area contributed by atoms with Crippen LogP contribution >= 0.6 is 11.8 Å². The average Bonchev–Trinajstić information content (AvgIpc) is 2.39. The van der Waals surface area contributed by atoms with Crippen LogP contribution in [0.25, 0.3) is 0 Å². The van der Waals surface area contributed by atoms with E-state index in [0.717, 1.165) is 25.3 Å². The maximum Gasteiger partial charge on any atom is 0.305 e. The van der Waals surface area contributed by atoms with Crippen molar-refractivity contribution in [1.29, 1.82) is 0 Å². The molecule has 0 bridgehead atoms. The SMILES string of the molecule is CCOC(=O)CCCCCNCC1CCSCC1. The smallest absolute Gasteiger partial charge is 0.305 e. The van der Waals surface area contributed by atoms with Gasteiger partial charge in [0.05, 0.1) is 6.61 Å². The number of esters is 1. The van der Waals surface area contributed by atoms with Crippen LogP contribution in [0.3, 0.4) is 0 Å². The van der Waals surface area contributed by atoms with E-state index >= 15 is 0 Å². The average molecular weight is 273 g/mol. The Labute approximate surface area is 115 Å². The molecule has 0 unspecified atom stereocenters. The second-order valence-corrected chi connectivity index (χ2v) is 6.10. The first kappa shape index (κ1) is 15.8. The highest BCUT2D eigenvalue weighted by atomic mass is 32.2. The molecule has 18 heavy (non-hydrogen) atoms. The minimum Gasteiger partial charge on any atom is -0.466 e. The van der Waals surface area contributed by atoms with Gasteiger partial charge in [0.25, 0.3) is 0 Å². The van der Waals surface area contributed by atoms with Crippen LogP contribution in [0.4, 0.5) is 0 Å². The number of carbonyl (C=O) groups is 1. The molecule has 1 saturated heterocycles. The Morgan fingerprint density at radius 3 is 2.78 bits per heavy atom. The van der Waals surface area contributed by atoms with E-state index in [4.69, 9.17) is 4.74 Å². The van der Waals surface area contributed by atoms with E-state index in [0.29, 0.717) is 13.0 Å². The Hall–Kier alpha value is -0.220. The zero-order valence-corrected chi connectivity index (χ0v) is 12.4. The van der Waals surface area contributed by atoms with Crippen molar-refractivity contribution in [2.75, 3.05) is 31.2 Å². The van der Waals surface area contributed by atoms with Crippen molar-refractivity contribution in [3.63, 3.8) is 0 Å². The minimum atomic E-state index is -0.0508. The van der Waals surface area contributed by atoms with E-state index in [2.05, 4.69) is 17.1 Å². The molecule has 1 aliphatic heterocycles. The number of nitrogens with one attached hydrogen (secondary N) is 1. The molecule has 0 aromatic carbocycles. The topological polar surface area (TPSA) is 38.3 Å². The lowest BCUT2D eigenvalue weighted by molar-refractivity contribution is -0.143. The molecule has 4 heteroatoms. The number of hydrogen-bond donors (Lipinski definition) is 1. The molecule has 0 saturated carbocycles. The van der Waals surface area contributed by atoms with E-state index in [1.54, 1.807) is 0 Å². The summed E-state index contributed by atoms with van der Waals surface area (Å²) < 4.78 is 4.89. The van der Waals surface area contributed by atoms with Gasteiger partial charge in [0.2, 0.25) is 0 Å². The van der Waals surface area contributed by atoms with Crippen molar-refractivity contribution in [2.45, 2.75) is 45.4 Å². The van der Waals surface area contributed by atoms with Gasteiger partial charge >= 0.3 is 5.97 Å². The lowest BCUT2D eigenvalue weighted by Gasteiger charge is -2.21. The number of unbranched alkanes of at least 4 members (excludes halogenated alkanes) is 2. The van der Waals surface area contributed by atoms with Crippen molar-refractivity contribution in [3.8, 4) is 0 Å². The van der Waals surface area contributed by atoms with Crippen molar-refractivity contribution in [2.24, 2.45) is 5.92 Å². The van der Waals surface area contributed by atoms with Crippen molar-refractivity contribution in [1.82, 2.24) is 5.32 Å². The molecule has 0 spiro atoms. The van der Waals surface area contributed by atoms with Crippen molar-refractivity contribution in [3.05, 3.63) is 0 Å². The van der Waals surface area contributed by atoms with E-state index in [9.17, 15) is 4.79 Å². The van der Waals surface area contributed by atoms with Gasteiger partial charge in [0, 0.05) is 6.42 Å². The maximum absolute atomic E-state index is 11.1. The van der Waals surface area contributed by atoms with E-state index in [1.165, 1.54) is 37.3 Å². The summed E-state index contributed by atoms with van der Waals surface area (Å²) in [5.74, 6) is 3.52. The quantitative estimate of drug-likeness (QED) is 0.518. The molecule has 3 nitrogen and oxygen atoms in total. The van der Waals surface area contributed by atoms with Crippen LogP contribution < -0.4 is 5.32 Å². The fraction of sp³-hybridized carbons (Fsp3) is 0.929. The second-order valence-electron chi connectivity index (χ2n) is 4.88. The summed E-state index contributed by atoms with van der Waals surface area (Å²) in [6.07, 6.45) is 6.57. The lowest BCUT2D eigenvalue weighted by atomic mass is 10.0. The normalized spacial score (nSPS) is 16.7. The minimum absolute atomic E-state index is 0.0508. The molecule has 0 aromatic rings. The van der Waals surface area contributed by atoms with Crippen LogP contribution in [-0.4, -0.2) is 37.2 Å². The second kappa shape index (κ2) is 10.7. The number of ether oxygens (including phenoxy) is 1. The van der Waals surface area contributed by atoms with Gasteiger partial charge in [0.15, 0.2) is 0 Å². The third-order valence-electron chi connectivity index (χ3n) is 3.31. The molecular weight excluding hydrogens is 246 g/mol. The largest absolute Gasteiger partial charge is 0.466 e. The van der Waals surface area contributed by atoms with Gasteiger partial charge in [-0.25, -0.2) is 0 Å². The fourth-order valence-electron chi connectivity index (χ4n) is 2.19. The van der Waals surface area contributed by atoms with Crippen LogP contribution in [0.1, 0.15) is 45.4 Å². The highest BCUT2D eigenvalue weighted by Crippen LogP contribution is 2.21. The van der Waals surface area contributed by atoms with Gasteiger partial charge in [-0.15, -0.1) is 0 Å². The summed E-state index contributed by atoms with van der Waals surface area (Å²) in [6.45, 7) is 4.62. The summed E-state index contributed by atoms with van der Waals surface area (Å²) in [4.78, 5) is 11.1. The van der Waals surface area contributed by atoms with Gasteiger partial charge in [-0.1, -0.05) is 6.42 Å². The lowest BCUT2D eigenvalue weighted by Crippen LogP contribution is -2.26. The Kier molecular flexibility index (Phi) is 9.40.